The Balaban J connectivity index is 1.63. The lowest BCUT2D eigenvalue weighted by Crippen LogP contribution is -2.18. The van der Waals surface area contributed by atoms with Crippen molar-refractivity contribution >= 4 is 21.4 Å². The summed E-state index contributed by atoms with van der Waals surface area (Å²) < 4.78 is 52.6. The zero-order valence-corrected chi connectivity index (χ0v) is 14.6. The van der Waals surface area contributed by atoms with E-state index in [0.717, 1.165) is 30.7 Å². The molecule has 1 aromatic carbocycles. The number of rotatable bonds is 4. The molecule has 0 bridgehead atoms. The smallest absolute Gasteiger partial charge is 0.276 e. The van der Waals surface area contributed by atoms with E-state index in [2.05, 4.69) is 10.4 Å². The van der Waals surface area contributed by atoms with E-state index in [0.29, 0.717) is 6.42 Å². The maximum absolute atomic E-state index is 13.7. The number of aromatic nitrogens is 2. The molecule has 1 aliphatic carbocycles. The first-order valence-electron chi connectivity index (χ1n) is 8.39. The third-order valence-corrected chi connectivity index (χ3v) is 6.50. The largest absolute Gasteiger partial charge is 0.316 e. The zero-order valence-electron chi connectivity index (χ0n) is 13.8. The predicted octanol–water partition coefficient (Wildman–Crippen LogP) is 2.65. The summed E-state index contributed by atoms with van der Waals surface area (Å²) in [6, 6.07) is 4.60. The molecule has 2 heterocycles. The molecule has 2 aliphatic rings. The van der Waals surface area contributed by atoms with Crippen LogP contribution < -0.4 is 5.32 Å². The SMILES string of the molecule is O=C(Nc1c(F)cccc1F)c1cc(C2CC2)n(C2CCS(=O)(=O)C2)n1. The number of nitrogens with one attached hydrogen (secondary N) is 1. The van der Waals surface area contributed by atoms with Crippen LogP contribution in [0.1, 0.15) is 47.4 Å². The van der Waals surface area contributed by atoms with Crippen LogP contribution in [0.4, 0.5) is 14.5 Å². The number of sulfone groups is 1. The van der Waals surface area contributed by atoms with E-state index >= 15 is 0 Å². The summed E-state index contributed by atoms with van der Waals surface area (Å²) in [5, 5.41) is 6.49. The molecule has 2 aromatic rings. The molecule has 0 radical (unpaired) electrons. The summed E-state index contributed by atoms with van der Waals surface area (Å²) >= 11 is 0. The van der Waals surface area contributed by atoms with Crippen LogP contribution in [0, 0.1) is 11.6 Å². The number of amides is 1. The summed E-state index contributed by atoms with van der Waals surface area (Å²) in [6.07, 6.45) is 2.36. The summed E-state index contributed by atoms with van der Waals surface area (Å²) in [5.74, 6) is -2.13. The number of para-hydroxylation sites is 1. The lowest BCUT2D eigenvalue weighted by Gasteiger charge is -2.12. The number of nitrogens with zero attached hydrogens (tertiary/aromatic N) is 2. The number of anilines is 1. The minimum absolute atomic E-state index is 0.00258. The van der Waals surface area contributed by atoms with Gasteiger partial charge in [-0.25, -0.2) is 17.2 Å². The Hall–Kier alpha value is -2.29. The normalized spacial score (nSPS) is 21.7. The first-order valence-corrected chi connectivity index (χ1v) is 10.2. The second kappa shape index (κ2) is 6.15. The van der Waals surface area contributed by atoms with Gasteiger partial charge in [-0.2, -0.15) is 5.10 Å². The second-order valence-corrected chi connectivity index (χ2v) is 9.01. The average molecular weight is 381 g/mol. The van der Waals surface area contributed by atoms with Crippen LogP contribution in [0.3, 0.4) is 0 Å². The van der Waals surface area contributed by atoms with Crippen LogP contribution in [0.5, 0.6) is 0 Å². The third kappa shape index (κ3) is 3.23. The number of hydrogen-bond acceptors (Lipinski definition) is 4. The molecule has 1 amide bonds. The monoisotopic (exact) mass is 381 g/mol. The topological polar surface area (TPSA) is 81.1 Å². The fraction of sp³-hybridized carbons (Fsp3) is 0.412. The van der Waals surface area contributed by atoms with Gasteiger partial charge in [0.2, 0.25) is 0 Å². The van der Waals surface area contributed by atoms with E-state index in [9.17, 15) is 22.0 Å². The first-order chi connectivity index (χ1) is 12.3. The van der Waals surface area contributed by atoms with Crippen molar-refractivity contribution in [3.63, 3.8) is 0 Å². The van der Waals surface area contributed by atoms with E-state index in [4.69, 9.17) is 0 Å². The molecule has 138 valence electrons. The van der Waals surface area contributed by atoms with Gasteiger partial charge in [-0.1, -0.05) is 6.07 Å². The van der Waals surface area contributed by atoms with E-state index in [1.807, 2.05) is 0 Å². The second-order valence-electron chi connectivity index (χ2n) is 6.78. The molecule has 1 atom stereocenters. The van der Waals surface area contributed by atoms with Crippen molar-refractivity contribution < 1.29 is 22.0 Å². The molecular formula is C17H17F2N3O3S. The van der Waals surface area contributed by atoms with E-state index in [1.54, 1.807) is 10.7 Å². The molecule has 9 heteroatoms. The molecular weight excluding hydrogens is 364 g/mol. The van der Waals surface area contributed by atoms with Gasteiger partial charge in [-0.05, 0) is 37.5 Å². The Kier molecular flexibility index (Phi) is 4.06. The van der Waals surface area contributed by atoms with Crippen LogP contribution in [-0.2, 0) is 9.84 Å². The maximum atomic E-state index is 13.7. The highest BCUT2D eigenvalue weighted by Crippen LogP contribution is 2.42. The van der Waals surface area contributed by atoms with E-state index in [1.165, 1.54) is 6.07 Å². The van der Waals surface area contributed by atoms with Gasteiger partial charge in [0.15, 0.2) is 15.5 Å². The number of hydrogen-bond donors (Lipinski definition) is 1. The standard InChI is InChI=1S/C17H17F2N3O3S/c18-12-2-1-3-13(19)16(12)20-17(23)14-8-15(10-4-5-10)22(21-14)11-6-7-26(24,25)9-11/h1-3,8,10-11H,4-7,9H2,(H,20,23). The summed E-state index contributed by atoms with van der Waals surface area (Å²) in [4.78, 5) is 12.4. The Labute approximate surface area is 149 Å². The molecule has 1 aliphatic heterocycles. The van der Waals surface area contributed by atoms with Crippen LogP contribution >= 0.6 is 0 Å². The van der Waals surface area contributed by atoms with Gasteiger partial charge in [0.1, 0.15) is 17.3 Å². The number of carbonyl (C=O) groups excluding carboxylic acids is 1. The Morgan fingerprint density at radius 3 is 2.46 bits per heavy atom. The first kappa shape index (κ1) is 17.1. The minimum Gasteiger partial charge on any atom is -0.316 e. The molecule has 4 rings (SSSR count). The lowest BCUT2D eigenvalue weighted by molar-refractivity contribution is 0.102. The highest BCUT2D eigenvalue weighted by Gasteiger charge is 2.36. The summed E-state index contributed by atoms with van der Waals surface area (Å²) in [7, 11) is -3.10. The number of carbonyl (C=O) groups is 1. The van der Waals surface area contributed by atoms with E-state index in [-0.39, 0.29) is 29.2 Å². The van der Waals surface area contributed by atoms with Gasteiger partial charge in [0.05, 0.1) is 17.5 Å². The highest BCUT2D eigenvalue weighted by molar-refractivity contribution is 7.91. The molecule has 1 saturated heterocycles. The molecule has 26 heavy (non-hydrogen) atoms. The summed E-state index contributed by atoms with van der Waals surface area (Å²) in [6.45, 7) is 0. The van der Waals surface area contributed by atoms with Crippen LogP contribution in [0.2, 0.25) is 0 Å². The van der Waals surface area contributed by atoms with Crippen molar-refractivity contribution in [1.82, 2.24) is 9.78 Å². The molecule has 1 N–H and O–H groups in total. The molecule has 6 nitrogen and oxygen atoms in total. The fourth-order valence-corrected chi connectivity index (χ4v) is 4.95. The quantitative estimate of drug-likeness (QED) is 0.883. The van der Waals surface area contributed by atoms with Gasteiger partial charge in [0.25, 0.3) is 5.91 Å². The third-order valence-electron chi connectivity index (χ3n) is 4.75. The van der Waals surface area contributed by atoms with E-state index < -0.39 is 33.1 Å². The Morgan fingerprint density at radius 2 is 1.88 bits per heavy atom. The van der Waals surface area contributed by atoms with Gasteiger partial charge in [-0.3, -0.25) is 9.48 Å². The van der Waals surface area contributed by atoms with Crippen molar-refractivity contribution in [3.8, 4) is 0 Å². The number of halogens is 2. The molecule has 0 spiro atoms. The highest BCUT2D eigenvalue weighted by atomic mass is 32.2. The van der Waals surface area contributed by atoms with Crippen LogP contribution in [0.15, 0.2) is 24.3 Å². The minimum atomic E-state index is -3.10. The van der Waals surface area contributed by atoms with Crippen LogP contribution in [-0.4, -0.2) is 35.6 Å². The van der Waals surface area contributed by atoms with Gasteiger partial charge in [0, 0.05) is 11.6 Å². The van der Waals surface area contributed by atoms with Gasteiger partial charge in [-0.15, -0.1) is 0 Å². The van der Waals surface area contributed by atoms with Crippen molar-refractivity contribution in [3.05, 3.63) is 47.3 Å². The van der Waals surface area contributed by atoms with Crippen LogP contribution in [0.25, 0.3) is 0 Å². The lowest BCUT2D eigenvalue weighted by atomic mass is 10.2. The molecule has 1 unspecified atom stereocenters. The molecule has 1 aromatic heterocycles. The maximum Gasteiger partial charge on any atom is 0.276 e. The van der Waals surface area contributed by atoms with Gasteiger partial charge >= 0.3 is 0 Å². The van der Waals surface area contributed by atoms with Crippen molar-refractivity contribution in [2.75, 3.05) is 16.8 Å². The Morgan fingerprint density at radius 1 is 1.19 bits per heavy atom. The summed E-state index contributed by atoms with van der Waals surface area (Å²) in [5.41, 5.74) is 0.313. The van der Waals surface area contributed by atoms with Gasteiger partial charge < -0.3 is 5.32 Å². The number of benzene rings is 1. The predicted molar refractivity (Wildman–Crippen MR) is 90.8 cm³/mol. The Bertz CT molecular complexity index is 963. The zero-order chi connectivity index (χ0) is 18.5. The van der Waals surface area contributed by atoms with Crippen molar-refractivity contribution in [1.29, 1.82) is 0 Å². The fourth-order valence-electron chi connectivity index (χ4n) is 3.26. The molecule has 2 fully saturated rings. The van der Waals surface area contributed by atoms with Crippen molar-refractivity contribution in [2.24, 2.45) is 0 Å². The molecule has 1 saturated carbocycles. The average Bonchev–Trinajstić information content (AvgIpc) is 3.22. The van der Waals surface area contributed by atoms with Crippen molar-refractivity contribution in [2.45, 2.75) is 31.2 Å².